The van der Waals surface area contributed by atoms with Gasteiger partial charge in [0.1, 0.15) is 5.75 Å². The fourth-order valence-electron chi connectivity index (χ4n) is 2.92. The number of ether oxygens (including phenoxy) is 1. The summed E-state index contributed by atoms with van der Waals surface area (Å²) in [6, 6.07) is 12.1. The molecule has 1 fully saturated rings. The summed E-state index contributed by atoms with van der Waals surface area (Å²) in [5.74, 6) is 1.95. The van der Waals surface area contributed by atoms with E-state index >= 15 is 0 Å². The van der Waals surface area contributed by atoms with Crippen molar-refractivity contribution in [1.29, 1.82) is 0 Å². The van der Waals surface area contributed by atoms with Crippen molar-refractivity contribution < 1.29 is 9.53 Å². The summed E-state index contributed by atoms with van der Waals surface area (Å²) in [6.07, 6.45) is 5.64. The maximum Gasteiger partial charge on any atom is 0.209 e. The minimum absolute atomic E-state index is 0.444. The normalized spacial score (nSPS) is 18.6. The second-order valence-electron chi connectivity index (χ2n) is 6.28. The smallest absolute Gasteiger partial charge is 0.209 e. The Labute approximate surface area is 158 Å². The number of benzene rings is 1. The number of hydrogen-bond donors (Lipinski definition) is 0. The van der Waals surface area contributed by atoms with E-state index in [-0.39, 0.29) is 0 Å². The number of nitrogens with zero attached hydrogens (tertiary/aromatic N) is 2. The molecular weight excluding hydrogens is 324 g/mol. The second kappa shape index (κ2) is 12.1. The van der Waals surface area contributed by atoms with E-state index in [1.54, 1.807) is 13.3 Å². The van der Waals surface area contributed by atoms with E-state index in [1.165, 1.54) is 11.1 Å². The number of aromatic nitrogens is 1. The molecule has 142 valence electrons. The number of aryl methyl sites for hydroxylation is 1. The molecule has 0 spiro atoms. The van der Waals surface area contributed by atoms with Crippen molar-refractivity contribution in [2.75, 3.05) is 20.2 Å². The van der Waals surface area contributed by atoms with Crippen molar-refractivity contribution in [2.45, 2.75) is 40.0 Å². The van der Waals surface area contributed by atoms with Gasteiger partial charge in [-0.2, -0.15) is 0 Å². The Kier molecular flexibility index (Phi) is 10.1. The summed E-state index contributed by atoms with van der Waals surface area (Å²) in [6.45, 7) is 10.00. The van der Waals surface area contributed by atoms with Crippen LogP contribution >= 0.6 is 0 Å². The minimum atomic E-state index is 0.444. The molecule has 2 aromatic rings. The molecule has 2 unspecified atom stereocenters. The number of pyridine rings is 1. The second-order valence-corrected chi connectivity index (χ2v) is 6.28. The van der Waals surface area contributed by atoms with Crippen molar-refractivity contribution in [3.8, 4) is 5.75 Å². The van der Waals surface area contributed by atoms with Gasteiger partial charge in [-0.05, 0) is 48.6 Å². The highest BCUT2D eigenvalue weighted by molar-refractivity contribution is 5.47. The lowest BCUT2D eigenvalue weighted by Crippen LogP contribution is -2.37. The van der Waals surface area contributed by atoms with Crippen LogP contribution in [0, 0.1) is 12.8 Å². The zero-order valence-electron chi connectivity index (χ0n) is 16.7. The summed E-state index contributed by atoms with van der Waals surface area (Å²) in [4.78, 5) is 16.6. The highest BCUT2D eigenvalue weighted by Gasteiger charge is 2.26. The topological polar surface area (TPSA) is 42.4 Å². The average molecular weight is 357 g/mol. The van der Waals surface area contributed by atoms with Gasteiger partial charge in [0.25, 0.3) is 0 Å². The van der Waals surface area contributed by atoms with Crippen LogP contribution in [0.25, 0.3) is 0 Å². The number of amides is 1. The summed E-state index contributed by atoms with van der Waals surface area (Å²) in [5, 5.41) is 0. The summed E-state index contributed by atoms with van der Waals surface area (Å²) >= 11 is 0. The standard InChI is InChI=1S/C14H19NO2.C6H7N.C2H6/c1-11-7-8-15(10-16)9-14(11)12-3-5-13(17-2)6-4-12;1-6-3-2-4-7-5-6;1-2/h3-6,10-11,14H,7-9H2,1-2H3;2-5H,1H3;1-2H3. The molecule has 26 heavy (non-hydrogen) atoms. The van der Waals surface area contributed by atoms with Gasteiger partial charge in [-0.3, -0.25) is 9.78 Å². The molecule has 1 aromatic heterocycles. The highest BCUT2D eigenvalue weighted by atomic mass is 16.5. The molecule has 0 N–H and O–H groups in total. The van der Waals surface area contributed by atoms with Crippen LogP contribution in [0.4, 0.5) is 0 Å². The molecule has 3 rings (SSSR count). The largest absolute Gasteiger partial charge is 0.497 e. The van der Waals surface area contributed by atoms with Crippen LogP contribution < -0.4 is 4.74 Å². The number of carbonyl (C=O) groups is 1. The lowest BCUT2D eigenvalue weighted by molar-refractivity contribution is -0.119. The van der Waals surface area contributed by atoms with Gasteiger partial charge in [0.15, 0.2) is 0 Å². The van der Waals surface area contributed by atoms with E-state index in [2.05, 4.69) is 24.0 Å². The molecule has 0 saturated carbocycles. The summed E-state index contributed by atoms with van der Waals surface area (Å²) in [5.41, 5.74) is 2.51. The van der Waals surface area contributed by atoms with Crippen LogP contribution in [0.3, 0.4) is 0 Å². The third-order valence-electron chi connectivity index (χ3n) is 4.49. The molecular formula is C22H32N2O2. The summed E-state index contributed by atoms with van der Waals surface area (Å²) in [7, 11) is 1.67. The number of rotatable bonds is 3. The van der Waals surface area contributed by atoms with Crippen LogP contribution in [0.5, 0.6) is 5.75 Å². The fraction of sp³-hybridized carbons (Fsp3) is 0.455. The maximum atomic E-state index is 10.8. The third-order valence-corrected chi connectivity index (χ3v) is 4.49. The molecule has 0 aliphatic carbocycles. The predicted octanol–water partition coefficient (Wildman–Crippen LogP) is 4.69. The molecule has 4 heteroatoms. The van der Waals surface area contributed by atoms with Crippen LogP contribution in [0.2, 0.25) is 0 Å². The van der Waals surface area contributed by atoms with Gasteiger partial charge in [-0.1, -0.05) is 39.0 Å². The third kappa shape index (κ3) is 6.87. The first-order chi connectivity index (χ1) is 12.6. The lowest BCUT2D eigenvalue weighted by atomic mass is 9.82. The molecule has 0 bridgehead atoms. The van der Waals surface area contributed by atoms with E-state index in [1.807, 2.05) is 56.1 Å². The van der Waals surface area contributed by atoms with Crippen LogP contribution in [-0.4, -0.2) is 36.5 Å². The van der Waals surface area contributed by atoms with Gasteiger partial charge in [-0.15, -0.1) is 0 Å². The van der Waals surface area contributed by atoms with Crippen molar-refractivity contribution in [3.63, 3.8) is 0 Å². The number of piperidine rings is 1. The van der Waals surface area contributed by atoms with Crippen molar-refractivity contribution >= 4 is 6.41 Å². The molecule has 2 atom stereocenters. The number of hydrogen-bond acceptors (Lipinski definition) is 3. The molecule has 1 aliphatic rings. The first kappa shape index (κ1) is 21.7. The maximum absolute atomic E-state index is 10.8. The quantitative estimate of drug-likeness (QED) is 0.749. The summed E-state index contributed by atoms with van der Waals surface area (Å²) < 4.78 is 5.16. The first-order valence-corrected chi connectivity index (χ1v) is 9.34. The molecule has 1 saturated heterocycles. The van der Waals surface area contributed by atoms with Gasteiger partial charge in [-0.25, -0.2) is 0 Å². The Morgan fingerprint density at radius 3 is 2.35 bits per heavy atom. The zero-order chi connectivity index (χ0) is 19.4. The van der Waals surface area contributed by atoms with E-state index < -0.39 is 0 Å². The molecule has 1 aliphatic heterocycles. The number of methoxy groups -OCH3 is 1. The average Bonchev–Trinajstić information content (AvgIpc) is 2.71. The fourth-order valence-corrected chi connectivity index (χ4v) is 2.92. The van der Waals surface area contributed by atoms with E-state index in [0.717, 1.165) is 31.7 Å². The predicted molar refractivity (Wildman–Crippen MR) is 107 cm³/mol. The molecule has 4 nitrogen and oxygen atoms in total. The number of likely N-dealkylation sites (tertiary alicyclic amines) is 1. The van der Waals surface area contributed by atoms with Gasteiger partial charge in [0, 0.05) is 31.4 Å². The Hall–Kier alpha value is -2.36. The molecule has 1 amide bonds. The van der Waals surface area contributed by atoms with E-state index in [4.69, 9.17) is 4.74 Å². The highest BCUT2D eigenvalue weighted by Crippen LogP contribution is 2.32. The van der Waals surface area contributed by atoms with Crippen molar-refractivity contribution in [3.05, 3.63) is 59.9 Å². The lowest BCUT2D eigenvalue weighted by Gasteiger charge is -2.35. The zero-order valence-corrected chi connectivity index (χ0v) is 16.7. The molecule has 1 aromatic carbocycles. The van der Waals surface area contributed by atoms with E-state index in [0.29, 0.717) is 11.8 Å². The Morgan fingerprint density at radius 1 is 1.19 bits per heavy atom. The molecule has 0 radical (unpaired) electrons. The van der Waals surface area contributed by atoms with Crippen LogP contribution in [0.1, 0.15) is 44.2 Å². The van der Waals surface area contributed by atoms with Crippen LogP contribution in [0.15, 0.2) is 48.8 Å². The van der Waals surface area contributed by atoms with Crippen molar-refractivity contribution in [1.82, 2.24) is 9.88 Å². The SMILES string of the molecule is CC.COc1ccc(C2CN(C=O)CCC2C)cc1.Cc1cccnc1. The number of carbonyl (C=O) groups excluding carboxylic acids is 1. The van der Waals surface area contributed by atoms with Gasteiger partial charge >= 0.3 is 0 Å². The Morgan fingerprint density at radius 2 is 1.88 bits per heavy atom. The van der Waals surface area contributed by atoms with Crippen molar-refractivity contribution in [2.24, 2.45) is 5.92 Å². The van der Waals surface area contributed by atoms with Gasteiger partial charge in [0.2, 0.25) is 6.41 Å². The van der Waals surface area contributed by atoms with Crippen LogP contribution in [-0.2, 0) is 4.79 Å². The molecule has 2 heterocycles. The van der Waals surface area contributed by atoms with Gasteiger partial charge in [0.05, 0.1) is 7.11 Å². The van der Waals surface area contributed by atoms with Gasteiger partial charge < -0.3 is 9.64 Å². The monoisotopic (exact) mass is 356 g/mol. The minimum Gasteiger partial charge on any atom is -0.497 e. The van der Waals surface area contributed by atoms with E-state index in [9.17, 15) is 4.79 Å². The first-order valence-electron chi connectivity index (χ1n) is 9.34. The Balaban J connectivity index is 0.000000313. The Bertz CT molecular complexity index is 614.